The summed E-state index contributed by atoms with van der Waals surface area (Å²) in [6, 6.07) is 20.6. The molecule has 5 rings (SSSR count). The van der Waals surface area contributed by atoms with Crippen LogP contribution in [0.15, 0.2) is 71.4 Å². The minimum Gasteiger partial charge on any atom is -0.437 e. The van der Waals surface area contributed by atoms with E-state index in [0.717, 1.165) is 66.4 Å². The maximum atomic E-state index is 6.30. The van der Waals surface area contributed by atoms with Gasteiger partial charge in [-0.3, -0.25) is 0 Å². The second-order valence-electron chi connectivity index (χ2n) is 8.37. The lowest BCUT2D eigenvalue weighted by Gasteiger charge is -2.20. The van der Waals surface area contributed by atoms with Crippen LogP contribution in [0.1, 0.15) is 6.42 Å². The molecule has 164 valence electrons. The highest BCUT2D eigenvalue weighted by atomic mass is 16.3. The van der Waals surface area contributed by atoms with Crippen molar-refractivity contribution in [2.24, 2.45) is 0 Å². The molecular formula is C26H29N5O. The molecule has 1 N–H and O–H groups in total. The van der Waals surface area contributed by atoms with Crippen LogP contribution in [0.5, 0.6) is 0 Å². The number of aromatic nitrogens is 2. The van der Waals surface area contributed by atoms with E-state index in [9.17, 15) is 0 Å². The Bertz CT molecular complexity index is 1160. The third-order valence-corrected chi connectivity index (χ3v) is 6.12. The Labute approximate surface area is 188 Å². The van der Waals surface area contributed by atoms with Crippen LogP contribution >= 0.6 is 0 Å². The van der Waals surface area contributed by atoms with Gasteiger partial charge in [-0.1, -0.05) is 60.7 Å². The first-order valence-corrected chi connectivity index (χ1v) is 11.3. The fourth-order valence-electron chi connectivity index (χ4n) is 4.40. The molecule has 0 aliphatic carbocycles. The standard InChI is InChI=1S/C26H29N5O/c1-30-14-8-15-31(18-17-30)16-13-27-25-23-22(20-9-4-2-5-10-20)24(21-11-6-3-7-12-21)32-26(23)29-19-28-25/h2-7,9-12,19H,8,13-18H2,1H3,(H,27,28,29). The van der Waals surface area contributed by atoms with Crippen molar-refractivity contribution in [3.05, 3.63) is 67.0 Å². The molecule has 0 unspecified atom stereocenters. The summed E-state index contributed by atoms with van der Waals surface area (Å²) in [6.45, 7) is 6.37. The summed E-state index contributed by atoms with van der Waals surface area (Å²) in [5, 5.41) is 4.51. The van der Waals surface area contributed by atoms with E-state index >= 15 is 0 Å². The molecule has 0 spiro atoms. The third kappa shape index (κ3) is 4.38. The predicted octanol–water partition coefficient (Wildman–Crippen LogP) is 4.61. The Hall–Kier alpha value is -3.22. The van der Waals surface area contributed by atoms with E-state index in [0.29, 0.717) is 5.71 Å². The zero-order chi connectivity index (χ0) is 21.8. The van der Waals surface area contributed by atoms with Gasteiger partial charge in [0.05, 0.1) is 5.39 Å². The molecule has 0 bridgehead atoms. The second-order valence-corrected chi connectivity index (χ2v) is 8.37. The van der Waals surface area contributed by atoms with Gasteiger partial charge < -0.3 is 19.5 Å². The van der Waals surface area contributed by atoms with Crippen molar-refractivity contribution in [2.75, 3.05) is 51.6 Å². The molecule has 0 radical (unpaired) electrons. The second kappa shape index (κ2) is 9.51. The van der Waals surface area contributed by atoms with Crippen LogP contribution < -0.4 is 5.32 Å². The zero-order valence-corrected chi connectivity index (χ0v) is 18.5. The molecule has 2 aromatic heterocycles. The molecule has 1 aliphatic heterocycles. The summed E-state index contributed by atoms with van der Waals surface area (Å²) in [5.41, 5.74) is 3.77. The fourth-order valence-corrected chi connectivity index (χ4v) is 4.40. The van der Waals surface area contributed by atoms with Crippen molar-refractivity contribution in [2.45, 2.75) is 6.42 Å². The highest BCUT2D eigenvalue weighted by molar-refractivity contribution is 6.05. The summed E-state index contributed by atoms with van der Waals surface area (Å²) in [7, 11) is 2.20. The summed E-state index contributed by atoms with van der Waals surface area (Å²) in [6.07, 6.45) is 2.80. The summed E-state index contributed by atoms with van der Waals surface area (Å²) in [4.78, 5) is 14.0. The number of nitrogens with zero attached hydrogens (tertiary/aromatic N) is 4. The SMILES string of the molecule is CN1CCCN(CCNc2ncnc3oc(-c4ccccc4)c(-c4ccccc4)c23)CC1. The van der Waals surface area contributed by atoms with Crippen LogP contribution in [0, 0.1) is 0 Å². The monoisotopic (exact) mass is 427 g/mol. The van der Waals surface area contributed by atoms with Crippen LogP contribution in [0.4, 0.5) is 5.82 Å². The van der Waals surface area contributed by atoms with Gasteiger partial charge >= 0.3 is 0 Å². The summed E-state index contributed by atoms with van der Waals surface area (Å²) >= 11 is 0. The molecule has 4 aromatic rings. The molecule has 6 heteroatoms. The molecule has 32 heavy (non-hydrogen) atoms. The smallest absolute Gasteiger partial charge is 0.232 e. The van der Waals surface area contributed by atoms with Crippen LogP contribution in [-0.2, 0) is 0 Å². The third-order valence-electron chi connectivity index (χ3n) is 6.12. The molecule has 1 fully saturated rings. The predicted molar refractivity (Wildman–Crippen MR) is 130 cm³/mol. The lowest BCUT2D eigenvalue weighted by molar-refractivity contribution is 0.285. The lowest BCUT2D eigenvalue weighted by Crippen LogP contribution is -2.32. The Morgan fingerprint density at radius 2 is 1.62 bits per heavy atom. The minimum absolute atomic E-state index is 0.608. The number of furan rings is 1. The first-order valence-electron chi connectivity index (χ1n) is 11.3. The summed E-state index contributed by atoms with van der Waals surface area (Å²) in [5.74, 6) is 1.65. The van der Waals surface area contributed by atoms with Gasteiger partial charge in [-0.25, -0.2) is 9.97 Å². The largest absolute Gasteiger partial charge is 0.437 e. The Morgan fingerprint density at radius 3 is 2.41 bits per heavy atom. The van der Waals surface area contributed by atoms with Gasteiger partial charge in [-0.05, 0) is 32.1 Å². The number of rotatable bonds is 6. The number of benzene rings is 2. The first kappa shape index (κ1) is 20.7. The molecule has 0 saturated carbocycles. The molecule has 2 aromatic carbocycles. The molecule has 1 saturated heterocycles. The number of nitrogens with one attached hydrogen (secondary N) is 1. The summed E-state index contributed by atoms with van der Waals surface area (Å²) < 4.78 is 6.30. The van der Waals surface area contributed by atoms with Crippen molar-refractivity contribution >= 4 is 16.9 Å². The molecule has 0 atom stereocenters. The zero-order valence-electron chi connectivity index (χ0n) is 18.5. The van der Waals surface area contributed by atoms with Gasteiger partial charge in [0.1, 0.15) is 17.9 Å². The Morgan fingerprint density at radius 1 is 0.875 bits per heavy atom. The number of fused-ring (bicyclic) bond motifs is 1. The topological polar surface area (TPSA) is 57.4 Å². The number of likely N-dealkylation sites (N-methyl/N-ethyl adjacent to an activating group) is 1. The highest BCUT2D eigenvalue weighted by Crippen LogP contribution is 2.42. The van der Waals surface area contributed by atoms with Gasteiger partial charge in [-0.15, -0.1) is 0 Å². The number of anilines is 1. The van der Waals surface area contributed by atoms with E-state index in [4.69, 9.17) is 4.42 Å². The molecule has 3 heterocycles. The maximum Gasteiger partial charge on any atom is 0.232 e. The van der Waals surface area contributed by atoms with E-state index in [-0.39, 0.29) is 0 Å². The van der Waals surface area contributed by atoms with Gasteiger partial charge in [0.2, 0.25) is 5.71 Å². The van der Waals surface area contributed by atoms with E-state index in [2.05, 4.69) is 68.5 Å². The van der Waals surface area contributed by atoms with Gasteiger partial charge in [0, 0.05) is 37.3 Å². The first-order chi connectivity index (χ1) is 15.8. The van der Waals surface area contributed by atoms with Crippen LogP contribution in [0.3, 0.4) is 0 Å². The highest BCUT2D eigenvalue weighted by Gasteiger charge is 2.22. The van der Waals surface area contributed by atoms with Gasteiger partial charge in [0.15, 0.2) is 0 Å². The van der Waals surface area contributed by atoms with Crippen LogP contribution in [0.25, 0.3) is 33.6 Å². The Balaban J connectivity index is 1.48. The molecule has 6 nitrogen and oxygen atoms in total. The average molecular weight is 428 g/mol. The fraction of sp³-hybridized carbons (Fsp3) is 0.308. The van der Waals surface area contributed by atoms with Crippen molar-refractivity contribution < 1.29 is 4.42 Å². The van der Waals surface area contributed by atoms with Crippen molar-refractivity contribution in [3.63, 3.8) is 0 Å². The maximum absolute atomic E-state index is 6.30. The normalized spacial score (nSPS) is 15.7. The quantitative estimate of drug-likeness (QED) is 0.485. The van der Waals surface area contributed by atoms with Gasteiger partial charge in [0.25, 0.3) is 0 Å². The van der Waals surface area contributed by atoms with E-state index in [1.54, 1.807) is 6.33 Å². The number of hydrogen-bond acceptors (Lipinski definition) is 6. The van der Waals surface area contributed by atoms with Crippen LogP contribution in [0.2, 0.25) is 0 Å². The van der Waals surface area contributed by atoms with Crippen LogP contribution in [-0.4, -0.2) is 66.1 Å². The van der Waals surface area contributed by atoms with Crippen molar-refractivity contribution in [1.29, 1.82) is 0 Å². The van der Waals surface area contributed by atoms with Crippen molar-refractivity contribution in [3.8, 4) is 22.5 Å². The van der Waals surface area contributed by atoms with E-state index < -0.39 is 0 Å². The van der Waals surface area contributed by atoms with Crippen molar-refractivity contribution in [1.82, 2.24) is 19.8 Å². The molecule has 1 aliphatic rings. The minimum atomic E-state index is 0.608. The molecule has 0 amide bonds. The average Bonchev–Trinajstić information content (AvgIpc) is 3.12. The molecular weight excluding hydrogens is 398 g/mol. The number of hydrogen-bond donors (Lipinski definition) is 1. The van der Waals surface area contributed by atoms with E-state index in [1.807, 2.05) is 24.3 Å². The van der Waals surface area contributed by atoms with Gasteiger partial charge in [-0.2, -0.15) is 0 Å². The van der Waals surface area contributed by atoms with E-state index in [1.165, 1.54) is 13.0 Å². The Kier molecular flexibility index (Phi) is 6.14. The lowest BCUT2D eigenvalue weighted by atomic mass is 9.99.